The highest BCUT2D eigenvalue weighted by molar-refractivity contribution is 5.90. The van der Waals surface area contributed by atoms with Gasteiger partial charge < -0.3 is 18.7 Å². The van der Waals surface area contributed by atoms with Crippen LogP contribution in [0.2, 0.25) is 0 Å². The van der Waals surface area contributed by atoms with Crippen molar-refractivity contribution in [2.45, 2.75) is 12.5 Å². The molecule has 0 radical (unpaired) electrons. The fraction of sp³-hybridized carbons (Fsp3) is 0.150. The molecule has 1 amide bonds. The van der Waals surface area contributed by atoms with E-state index in [9.17, 15) is 9.18 Å². The average molecular weight is 432 g/mol. The molecular weight excluding hydrogens is 419 g/mol. The van der Waals surface area contributed by atoms with Gasteiger partial charge in [0.15, 0.2) is 11.6 Å². The lowest BCUT2D eigenvalue weighted by molar-refractivity contribution is 0.0627. The average Bonchev–Trinajstić information content (AvgIpc) is 3.57. The number of aromatic amines is 1. The van der Waals surface area contributed by atoms with E-state index in [1.807, 2.05) is 0 Å². The topological polar surface area (TPSA) is 140 Å². The molecule has 0 saturated carbocycles. The van der Waals surface area contributed by atoms with Crippen molar-refractivity contribution in [1.29, 1.82) is 0 Å². The summed E-state index contributed by atoms with van der Waals surface area (Å²) in [5, 5.41) is 7.80. The number of rotatable bonds is 3. The number of H-pyrrole nitrogens is 1. The first-order chi connectivity index (χ1) is 15.7. The normalized spacial score (nSPS) is 15.8. The summed E-state index contributed by atoms with van der Waals surface area (Å²) in [4.78, 5) is 34.8. The first-order valence-electron chi connectivity index (χ1n) is 9.66. The number of halogens is 1. The summed E-state index contributed by atoms with van der Waals surface area (Å²) >= 11 is 0. The summed E-state index contributed by atoms with van der Waals surface area (Å²) in [6.07, 6.45) is 6.54. The molecule has 1 aliphatic rings. The smallest absolute Gasteiger partial charge is 0.312 e. The second kappa shape index (κ2) is 7.04. The number of aromatic nitrogens is 7. The molecule has 1 aliphatic heterocycles. The van der Waals surface area contributed by atoms with Crippen LogP contribution in [0.5, 0.6) is 0 Å². The molecule has 0 aliphatic carbocycles. The first kappa shape index (κ1) is 18.3. The molecule has 6 rings (SSSR count). The van der Waals surface area contributed by atoms with Gasteiger partial charge in [0.25, 0.3) is 5.89 Å². The Morgan fingerprint density at radius 1 is 1.19 bits per heavy atom. The van der Waals surface area contributed by atoms with Crippen LogP contribution in [0, 0.1) is 5.82 Å². The highest BCUT2D eigenvalue weighted by Crippen LogP contribution is 2.35. The fourth-order valence-corrected chi connectivity index (χ4v) is 3.73. The van der Waals surface area contributed by atoms with Gasteiger partial charge in [-0.05, 0) is 12.1 Å². The second-order valence-electron chi connectivity index (χ2n) is 7.08. The van der Waals surface area contributed by atoms with Crippen molar-refractivity contribution >= 4 is 17.0 Å². The van der Waals surface area contributed by atoms with Gasteiger partial charge in [-0.3, -0.25) is 9.78 Å². The summed E-state index contributed by atoms with van der Waals surface area (Å²) < 4.78 is 25.1. The van der Waals surface area contributed by atoms with Crippen LogP contribution in [-0.2, 0) is 6.42 Å². The third-order valence-corrected chi connectivity index (χ3v) is 5.18. The SMILES string of the molecule is O=C(c1nnc(-c2cnccn2)o1)N1CCc2[nH]cnc2[C@H]1c1nc2cc(F)ccc2o1. The van der Waals surface area contributed by atoms with Crippen molar-refractivity contribution in [1.82, 2.24) is 40.0 Å². The van der Waals surface area contributed by atoms with Gasteiger partial charge in [0, 0.05) is 37.1 Å². The summed E-state index contributed by atoms with van der Waals surface area (Å²) in [6.45, 7) is 0.328. The van der Waals surface area contributed by atoms with Crippen LogP contribution in [0.3, 0.4) is 0 Å². The molecule has 0 fully saturated rings. The Hall–Kier alpha value is -4.48. The number of amides is 1. The van der Waals surface area contributed by atoms with E-state index in [0.717, 1.165) is 5.69 Å². The fourth-order valence-electron chi connectivity index (χ4n) is 3.73. The molecule has 5 heterocycles. The lowest BCUT2D eigenvalue weighted by atomic mass is 10.0. The minimum absolute atomic E-state index is 0.0767. The zero-order valence-corrected chi connectivity index (χ0v) is 16.3. The third kappa shape index (κ3) is 2.92. The van der Waals surface area contributed by atoms with E-state index < -0.39 is 17.8 Å². The lowest BCUT2D eigenvalue weighted by Crippen LogP contribution is -2.41. The van der Waals surface area contributed by atoms with Crippen molar-refractivity contribution < 1.29 is 18.0 Å². The van der Waals surface area contributed by atoms with Crippen LogP contribution < -0.4 is 0 Å². The number of fused-ring (bicyclic) bond motifs is 2. The molecule has 11 nitrogen and oxygen atoms in total. The molecule has 0 bridgehead atoms. The zero-order valence-electron chi connectivity index (χ0n) is 16.3. The van der Waals surface area contributed by atoms with E-state index in [2.05, 4.69) is 35.1 Å². The van der Waals surface area contributed by atoms with Crippen LogP contribution in [-0.4, -0.2) is 52.5 Å². The maximum atomic E-state index is 13.6. The number of nitrogens with one attached hydrogen (secondary N) is 1. The third-order valence-electron chi connectivity index (χ3n) is 5.18. The highest BCUT2D eigenvalue weighted by atomic mass is 19.1. The monoisotopic (exact) mass is 432 g/mol. The van der Waals surface area contributed by atoms with E-state index in [1.54, 1.807) is 6.33 Å². The molecule has 1 aromatic carbocycles. The predicted molar refractivity (Wildman–Crippen MR) is 104 cm³/mol. The largest absolute Gasteiger partial charge is 0.438 e. The molecule has 0 spiro atoms. The maximum absolute atomic E-state index is 13.6. The molecule has 4 aromatic heterocycles. The minimum atomic E-state index is -0.750. The quantitative estimate of drug-likeness (QED) is 0.455. The number of carbonyl (C=O) groups excluding carboxylic acids is 1. The number of carbonyl (C=O) groups is 1. The molecule has 32 heavy (non-hydrogen) atoms. The van der Waals surface area contributed by atoms with Crippen LogP contribution in [0.4, 0.5) is 4.39 Å². The van der Waals surface area contributed by atoms with E-state index in [0.29, 0.717) is 35.5 Å². The van der Waals surface area contributed by atoms with Gasteiger partial charge in [0.1, 0.15) is 17.0 Å². The van der Waals surface area contributed by atoms with Gasteiger partial charge in [-0.2, -0.15) is 0 Å². The summed E-state index contributed by atoms with van der Waals surface area (Å²) in [5.74, 6) is -0.873. The Balaban J connectivity index is 1.40. The summed E-state index contributed by atoms with van der Waals surface area (Å²) in [7, 11) is 0. The van der Waals surface area contributed by atoms with Gasteiger partial charge in [-0.15, -0.1) is 10.2 Å². The molecule has 0 unspecified atom stereocenters. The molecule has 1 N–H and O–H groups in total. The number of nitrogens with zero attached hydrogens (tertiary/aromatic N) is 7. The van der Waals surface area contributed by atoms with E-state index in [-0.39, 0.29) is 17.7 Å². The van der Waals surface area contributed by atoms with Crippen LogP contribution >= 0.6 is 0 Å². The van der Waals surface area contributed by atoms with Crippen LogP contribution in [0.25, 0.3) is 22.7 Å². The first-order valence-corrected chi connectivity index (χ1v) is 9.66. The Bertz CT molecular complexity index is 1440. The molecule has 0 saturated heterocycles. The Kier molecular flexibility index (Phi) is 4.03. The van der Waals surface area contributed by atoms with Crippen molar-refractivity contribution in [3.8, 4) is 11.6 Å². The van der Waals surface area contributed by atoms with Gasteiger partial charge >= 0.3 is 11.8 Å². The van der Waals surface area contributed by atoms with Crippen molar-refractivity contribution in [2.75, 3.05) is 6.54 Å². The summed E-state index contributed by atoms with van der Waals surface area (Å²) in [5.41, 5.74) is 2.55. The highest BCUT2D eigenvalue weighted by Gasteiger charge is 2.39. The van der Waals surface area contributed by atoms with E-state index in [4.69, 9.17) is 8.83 Å². The van der Waals surface area contributed by atoms with Crippen molar-refractivity contribution in [3.63, 3.8) is 0 Å². The van der Waals surface area contributed by atoms with E-state index >= 15 is 0 Å². The molecule has 12 heteroatoms. The minimum Gasteiger partial charge on any atom is -0.438 e. The van der Waals surface area contributed by atoms with Gasteiger partial charge in [0.05, 0.1) is 18.2 Å². The number of benzene rings is 1. The maximum Gasteiger partial charge on any atom is 0.312 e. The van der Waals surface area contributed by atoms with Crippen molar-refractivity contribution in [2.24, 2.45) is 0 Å². The lowest BCUT2D eigenvalue weighted by Gasteiger charge is -2.31. The molecule has 158 valence electrons. The number of imidazole rings is 1. The number of hydrogen-bond donors (Lipinski definition) is 1. The van der Waals surface area contributed by atoms with Gasteiger partial charge in [0.2, 0.25) is 5.89 Å². The number of hydrogen-bond acceptors (Lipinski definition) is 9. The molecular formula is C20H13FN8O3. The van der Waals surface area contributed by atoms with Gasteiger partial charge in [-0.25, -0.2) is 19.3 Å². The van der Waals surface area contributed by atoms with Crippen LogP contribution in [0.15, 0.2) is 52.0 Å². The zero-order chi connectivity index (χ0) is 21.7. The van der Waals surface area contributed by atoms with Crippen molar-refractivity contribution in [3.05, 3.63) is 72.1 Å². The number of oxazole rings is 1. The van der Waals surface area contributed by atoms with Gasteiger partial charge in [-0.1, -0.05) is 0 Å². The van der Waals surface area contributed by atoms with Crippen LogP contribution in [0.1, 0.15) is 34.0 Å². The van der Waals surface area contributed by atoms with E-state index in [1.165, 1.54) is 41.7 Å². The second-order valence-corrected chi connectivity index (χ2v) is 7.08. The Labute approximate surface area is 178 Å². The summed E-state index contributed by atoms with van der Waals surface area (Å²) in [6, 6.07) is 3.30. The Morgan fingerprint density at radius 3 is 3.00 bits per heavy atom. The predicted octanol–water partition coefficient (Wildman–Crippen LogP) is 2.32. The standard InChI is InChI=1S/C20H13FN8O3/c21-10-1-2-14-12(7-10)26-18(31-14)16-15-11(24-9-25-15)3-6-29(16)20(30)19-28-27-17(32-19)13-8-22-4-5-23-13/h1-2,4-5,7-9,16H,3,6H2,(H,24,25)/t16-/m0/s1. The Morgan fingerprint density at radius 2 is 2.12 bits per heavy atom. The molecule has 1 atom stereocenters. The molecule has 5 aromatic rings.